The van der Waals surface area contributed by atoms with Gasteiger partial charge in [0.1, 0.15) is 11.2 Å². The Kier molecular flexibility index (Phi) is 5.99. The Labute approximate surface area is 196 Å². The van der Waals surface area contributed by atoms with Gasteiger partial charge < -0.3 is 0 Å². The first kappa shape index (κ1) is 23.6. The zero-order chi connectivity index (χ0) is 24.8. The SMILES string of the molecule is Cc1cc(Cl)ccc1-n1nc(/C(F)=C/c2ccc(C(F)(F)F)nc2)c(=O)c2nc(C)c(C)cc21. The second-order valence-corrected chi connectivity index (χ2v) is 8.18. The predicted octanol–water partition coefficient (Wildman–Crippen LogP) is 6.24. The molecule has 0 amide bonds. The number of nitrogens with zero attached hydrogens (tertiary/aromatic N) is 4. The Hall–Kier alpha value is -3.59. The van der Waals surface area contributed by atoms with Gasteiger partial charge in [-0.2, -0.15) is 18.3 Å². The minimum Gasteiger partial charge on any atom is -0.285 e. The monoisotopic (exact) mass is 488 g/mol. The molecule has 0 aliphatic heterocycles. The summed E-state index contributed by atoms with van der Waals surface area (Å²) in [6.45, 7) is 5.35. The van der Waals surface area contributed by atoms with Gasteiger partial charge in [0.05, 0.1) is 11.2 Å². The Bertz CT molecular complexity index is 1510. The van der Waals surface area contributed by atoms with Gasteiger partial charge >= 0.3 is 6.18 Å². The first-order chi connectivity index (χ1) is 16.0. The molecule has 0 atom stereocenters. The van der Waals surface area contributed by atoms with Crippen molar-refractivity contribution in [3.8, 4) is 5.69 Å². The summed E-state index contributed by atoms with van der Waals surface area (Å²) in [6.07, 6.45) is -2.84. The highest BCUT2D eigenvalue weighted by molar-refractivity contribution is 6.30. The lowest BCUT2D eigenvalue weighted by Crippen LogP contribution is -2.19. The van der Waals surface area contributed by atoms with Gasteiger partial charge in [-0.05, 0) is 73.9 Å². The van der Waals surface area contributed by atoms with E-state index >= 15 is 4.39 Å². The maximum atomic E-state index is 15.3. The first-order valence-corrected chi connectivity index (χ1v) is 10.4. The summed E-state index contributed by atoms with van der Waals surface area (Å²) in [7, 11) is 0. The molecule has 0 fully saturated rings. The maximum Gasteiger partial charge on any atom is 0.433 e. The number of pyridine rings is 2. The van der Waals surface area contributed by atoms with Crippen LogP contribution in [0.3, 0.4) is 0 Å². The zero-order valence-electron chi connectivity index (χ0n) is 18.2. The molecule has 4 rings (SSSR count). The maximum absolute atomic E-state index is 15.3. The summed E-state index contributed by atoms with van der Waals surface area (Å²) in [6, 6.07) is 8.57. The molecule has 34 heavy (non-hydrogen) atoms. The van der Waals surface area contributed by atoms with Crippen LogP contribution in [0.5, 0.6) is 0 Å². The Balaban J connectivity index is 1.94. The van der Waals surface area contributed by atoms with E-state index in [0.717, 1.165) is 35.5 Å². The Morgan fingerprint density at radius 3 is 2.41 bits per heavy atom. The van der Waals surface area contributed by atoms with Crippen LogP contribution in [0.4, 0.5) is 17.6 Å². The van der Waals surface area contributed by atoms with E-state index in [0.29, 0.717) is 21.9 Å². The Morgan fingerprint density at radius 2 is 1.79 bits per heavy atom. The molecular formula is C24H17ClF4N4O. The van der Waals surface area contributed by atoms with Crippen molar-refractivity contribution in [2.24, 2.45) is 0 Å². The summed E-state index contributed by atoms with van der Waals surface area (Å²) in [5.74, 6) is -1.03. The van der Waals surface area contributed by atoms with E-state index in [2.05, 4.69) is 15.1 Å². The van der Waals surface area contributed by atoms with E-state index in [4.69, 9.17) is 11.6 Å². The quantitative estimate of drug-likeness (QED) is 0.320. The highest BCUT2D eigenvalue weighted by atomic mass is 35.5. The molecule has 3 aromatic heterocycles. The van der Waals surface area contributed by atoms with Crippen LogP contribution in [0, 0.1) is 20.8 Å². The van der Waals surface area contributed by atoms with Crippen LogP contribution in [0.15, 0.2) is 47.4 Å². The third kappa shape index (κ3) is 4.43. The molecule has 0 aliphatic rings. The van der Waals surface area contributed by atoms with Gasteiger partial charge in [-0.3, -0.25) is 9.78 Å². The van der Waals surface area contributed by atoms with Gasteiger partial charge in [-0.25, -0.2) is 14.1 Å². The number of halogens is 5. The third-order valence-corrected chi connectivity index (χ3v) is 5.52. The minimum absolute atomic E-state index is 0.0107. The fraction of sp³-hybridized carbons (Fsp3) is 0.167. The molecule has 5 nitrogen and oxygen atoms in total. The molecule has 0 saturated carbocycles. The highest BCUT2D eigenvalue weighted by Gasteiger charge is 2.32. The van der Waals surface area contributed by atoms with Gasteiger partial charge in [0.2, 0.25) is 5.43 Å². The second-order valence-electron chi connectivity index (χ2n) is 7.75. The molecule has 0 N–H and O–H groups in total. The molecule has 10 heteroatoms. The first-order valence-electron chi connectivity index (χ1n) is 10.0. The lowest BCUT2D eigenvalue weighted by Gasteiger charge is -2.15. The van der Waals surface area contributed by atoms with Crippen molar-refractivity contribution in [1.82, 2.24) is 19.7 Å². The summed E-state index contributed by atoms with van der Waals surface area (Å²) in [5, 5.41) is 4.76. The summed E-state index contributed by atoms with van der Waals surface area (Å²) in [4.78, 5) is 20.8. The number of aryl methyl sites for hydroxylation is 3. The fourth-order valence-corrected chi connectivity index (χ4v) is 3.63. The lowest BCUT2D eigenvalue weighted by molar-refractivity contribution is -0.141. The van der Waals surface area contributed by atoms with E-state index in [-0.39, 0.29) is 11.1 Å². The van der Waals surface area contributed by atoms with Crippen LogP contribution in [-0.2, 0) is 6.18 Å². The van der Waals surface area contributed by atoms with E-state index in [9.17, 15) is 18.0 Å². The predicted molar refractivity (Wildman–Crippen MR) is 123 cm³/mol. The molecule has 0 saturated heterocycles. The molecular weight excluding hydrogens is 472 g/mol. The van der Waals surface area contributed by atoms with Crippen molar-refractivity contribution in [3.63, 3.8) is 0 Å². The molecule has 3 heterocycles. The second kappa shape index (κ2) is 8.64. The number of fused-ring (bicyclic) bond motifs is 1. The Morgan fingerprint density at radius 1 is 1.06 bits per heavy atom. The van der Waals surface area contributed by atoms with Gasteiger partial charge in [-0.15, -0.1) is 0 Å². The standard InChI is InChI=1S/C24H17ClF4N4O/c1-12-9-19-22(31-14(12)3)23(34)21(32-33(19)18-6-5-16(25)8-13(18)2)17(26)10-15-4-7-20(30-11-15)24(27,28)29/h4-11H,1-3H3/b17-10-. The highest BCUT2D eigenvalue weighted by Crippen LogP contribution is 2.28. The molecule has 4 aromatic rings. The molecule has 0 spiro atoms. The zero-order valence-corrected chi connectivity index (χ0v) is 19.0. The smallest absolute Gasteiger partial charge is 0.285 e. The van der Waals surface area contributed by atoms with Crippen molar-refractivity contribution in [2.45, 2.75) is 26.9 Å². The van der Waals surface area contributed by atoms with Crippen LogP contribution in [0.25, 0.3) is 28.6 Å². The number of hydrogen-bond donors (Lipinski definition) is 0. The van der Waals surface area contributed by atoms with Crippen LogP contribution in [-0.4, -0.2) is 19.7 Å². The summed E-state index contributed by atoms with van der Waals surface area (Å²) >= 11 is 6.07. The van der Waals surface area contributed by atoms with Gasteiger partial charge in [-0.1, -0.05) is 17.7 Å². The number of hydrogen-bond acceptors (Lipinski definition) is 4. The average Bonchev–Trinajstić information content (AvgIpc) is 2.76. The van der Waals surface area contributed by atoms with Crippen LogP contribution >= 0.6 is 11.6 Å². The van der Waals surface area contributed by atoms with E-state index in [1.54, 1.807) is 38.1 Å². The number of benzene rings is 1. The normalized spacial score (nSPS) is 12.4. The van der Waals surface area contributed by atoms with Crippen molar-refractivity contribution in [3.05, 3.63) is 91.6 Å². The van der Waals surface area contributed by atoms with Crippen LogP contribution in [0.1, 0.15) is 33.8 Å². The average molecular weight is 489 g/mol. The number of rotatable bonds is 3. The molecule has 0 bridgehead atoms. The van der Waals surface area contributed by atoms with E-state index in [1.807, 2.05) is 6.92 Å². The van der Waals surface area contributed by atoms with Gasteiger partial charge in [0.25, 0.3) is 0 Å². The van der Waals surface area contributed by atoms with Gasteiger partial charge in [0.15, 0.2) is 11.5 Å². The van der Waals surface area contributed by atoms with Crippen molar-refractivity contribution in [2.75, 3.05) is 0 Å². The minimum atomic E-state index is -4.62. The molecule has 1 aromatic carbocycles. The van der Waals surface area contributed by atoms with Gasteiger partial charge in [0, 0.05) is 16.9 Å². The lowest BCUT2D eigenvalue weighted by atomic mass is 10.1. The van der Waals surface area contributed by atoms with Crippen LogP contribution in [0.2, 0.25) is 5.02 Å². The molecule has 0 aliphatic carbocycles. The van der Waals surface area contributed by atoms with E-state index in [1.165, 1.54) is 4.68 Å². The largest absolute Gasteiger partial charge is 0.433 e. The van der Waals surface area contributed by atoms with Crippen LogP contribution < -0.4 is 5.43 Å². The number of alkyl halides is 3. The molecule has 0 unspecified atom stereocenters. The fourth-order valence-electron chi connectivity index (χ4n) is 3.40. The molecule has 174 valence electrons. The van der Waals surface area contributed by atoms with Crippen molar-refractivity contribution < 1.29 is 17.6 Å². The summed E-state index contributed by atoms with van der Waals surface area (Å²) in [5.41, 5.74) is 0.745. The molecule has 0 radical (unpaired) electrons. The van der Waals surface area contributed by atoms with Crippen molar-refractivity contribution >= 4 is 34.5 Å². The van der Waals surface area contributed by atoms with E-state index < -0.39 is 28.8 Å². The third-order valence-electron chi connectivity index (χ3n) is 5.29. The van der Waals surface area contributed by atoms with Crippen molar-refractivity contribution in [1.29, 1.82) is 0 Å². The summed E-state index contributed by atoms with van der Waals surface area (Å²) < 4.78 is 54.9. The topological polar surface area (TPSA) is 60.7 Å². The number of aromatic nitrogens is 4.